The molecule has 2 atom stereocenters. The van der Waals surface area contributed by atoms with Gasteiger partial charge in [-0.05, 0) is 36.5 Å². The van der Waals surface area contributed by atoms with E-state index in [-0.39, 0.29) is 24.7 Å². The molecule has 0 bridgehead atoms. The molecule has 0 aromatic heterocycles. The number of benzene rings is 1. The van der Waals surface area contributed by atoms with Gasteiger partial charge in [0.05, 0.1) is 28.7 Å². The molecule has 20 heavy (non-hydrogen) atoms. The predicted octanol–water partition coefficient (Wildman–Crippen LogP) is 3.05. The molecule has 0 saturated heterocycles. The first kappa shape index (κ1) is 15.4. The molecule has 1 aromatic carbocycles. The molecule has 2 rings (SSSR count). The number of rotatable bonds is 4. The number of amides is 2. The second-order valence-corrected chi connectivity index (χ2v) is 5.71. The molecule has 2 unspecified atom stereocenters. The molecule has 0 fully saturated rings. The molecule has 0 saturated carbocycles. The topological polar surface area (TPSA) is 61.4 Å². The zero-order valence-corrected chi connectivity index (χ0v) is 12.8. The number of halogens is 2. The monoisotopic (exact) mass is 316 g/mol. The van der Waals surface area contributed by atoms with Gasteiger partial charge in [-0.25, -0.2) is 4.79 Å². The minimum atomic E-state index is -0.269. The third-order valence-electron chi connectivity index (χ3n) is 3.64. The first-order chi connectivity index (χ1) is 9.56. The molecular weight excluding hydrogens is 299 g/mol. The number of carbonyl (C=O) groups is 1. The lowest BCUT2D eigenvalue weighted by molar-refractivity contribution is 0.212. The van der Waals surface area contributed by atoms with Gasteiger partial charge in [0, 0.05) is 0 Å². The third kappa shape index (κ3) is 3.19. The molecule has 6 heteroatoms. The maximum Gasteiger partial charge on any atom is 0.315 e. The van der Waals surface area contributed by atoms with Crippen molar-refractivity contribution in [2.45, 2.75) is 38.3 Å². The second kappa shape index (κ2) is 6.66. The Labute approximate surface area is 128 Å². The van der Waals surface area contributed by atoms with Crippen molar-refractivity contribution in [2.24, 2.45) is 0 Å². The Morgan fingerprint density at radius 3 is 2.90 bits per heavy atom. The van der Waals surface area contributed by atoms with Crippen molar-refractivity contribution < 1.29 is 9.90 Å². The fourth-order valence-corrected chi connectivity index (χ4v) is 2.89. The molecule has 1 aliphatic rings. The molecule has 0 radical (unpaired) electrons. The minimum absolute atomic E-state index is 0.0593. The number of aliphatic hydroxyl groups excluding tert-OH is 1. The van der Waals surface area contributed by atoms with Crippen LogP contribution in [0.4, 0.5) is 4.79 Å². The van der Waals surface area contributed by atoms with Gasteiger partial charge in [0.25, 0.3) is 0 Å². The van der Waals surface area contributed by atoms with Crippen LogP contribution in [0.3, 0.4) is 0 Å². The van der Waals surface area contributed by atoms with Crippen molar-refractivity contribution in [3.05, 3.63) is 33.3 Å². The maximum atomic E-state index is 11.9. The van der Waals surface area contributed by atoms with E-state index in [0.717, 1.165) is 24.0 Å². The van der Waals surface area contributed by atoms with Gasteiger partial charge >= 0.3 is 6.03 Å². The lowest BCUT2D eigenvalue weighted by atomic mass is 10.1. The van der Waals surface area contributed by atoms with E-state index in [1.54, 1.807) is 6.07 Å². The Morgan fingerprint density at radius 1 is 1.50 bits per heavy atom. The van der Waals surface area contributed by atoms with Crippen molar-refractivity contribution >= 4 is 29.2 Å². The number of aliphatic hydroxyl groups is 1. The molecular formula is C14H18Cl2N2O2. The van der Waals surface area contributed by atoms with E-state index >= 15 is 0 Å². The van der Waals surface area contributed by atoms with Crippen molar-refractivity contribution in [3.8, 4) is 0 Å². The largest absolute Gasteiger partial charge is 0.394 e. The van der Waals surface area contributed by atoms with E-state index in [0.29, 0.717) is 16.5 Å². The van der Waals surface area contributed by atoms with Crippen LogP contribution in [0.5, 0.6) is 0 Å². The zero-order valence-electron chi connectivity index (χ0n) is 11.2. The van der Waals surface area contributed by atoms with E-state index in [2.05, 4.69) is 10.6 Å². The average Bonchev–Trinajstić information content (AvgIpc) is 2.84. The van der Waals surface area contributed by atoms with E-state index < -0.39 is 0 Å². The van der Waals surface area contributed by atoms with Crippen LogP contribution in [0, 0.1) is 0 Å². The summed E-state index contributed by atoms with van der Waals surface area (Å²) in [4.78, 5) is 11.9. The number of hydrogen-bond acceptors (Lipinski definition) is 2. The number of carbonyl (C=O) groups excluding carboxylic acids is 1. The summed E-state index contributed by atoms with van der Waals surface area (Å²) in [5, 5.41) is 15.9. The van der Waals surface area contributed by atoms with Crippen molar-refractivity contribution in [1.29, 1.82) is 0 Å². The van der Waals surface area contributed by atoms with Gasteiger partial charge < -0.3 is 15.7 Å². The van der Waals surface area contributed by atoms with Crippen LogP contribution in [0.2, 0.25) is 10.0 Å². The quantitative estimate of drug-likeness (QED) is 0.799. The highest BCUT2D eigenvalue weighted by Gasteiger charge is 2.27. The minimum Gasteiger partial charge on any atom is -0.394 e. The average molecular weight is 317 g/mol. The molecule has 1 aliphatic carbocycles. The summed E-state index contributed by atoms with van der Waals surface area (Å²) in [5.41, 5.74) is 2.03. The zero-order chi connectivity index (χ0) is 14.7. The number of nitrogens with one attached hydrogen (secondary N) is 2. The van der Waals surface area contributed by atoms with Gasteiger partial charge in [-0.15, -0.1) is 0 Å². The van der Waals surface area contributed by atoms with Gasteiger partial charge in [0.1, 0.15) is 0 Å². The highest BCUT2D eigenvalue weighted by Crippen LogP contribution is 2.38. The number of fused-ring (bicyclic) bond motifs is 1. The molecule has 0 spiro atoms. The lowest BCUT2D eigenvalue weighted by Gasteiger charge is -2.19. The van der Waals surface area contributed by atoms with Gasteiger partial charge in [-0.3, -0.25) is 0 Å². The number of hydrogen-bond donors (Lipinski definition) is 3. The fourth-order valence-electron chi connectivity index (χ4n) is 2.44. The van der Waals surface area contributed by atoms with Crippen LogP contribution in [0.1, 0.15) is 36.9 Å². The summed E-state index contributed by atoms with van der Waals surface area (Å²) in [6, 6.07) is 3.11. The highest BCUT2D eigenvalue weighted by atomic mass is 35.5. The molecule has 3 N–H and O–H groups in total. The van der Waals surface area contributed by atoms with Crippen LogP contribution >= 0.6 is 23.2 Å². The summed E-state index contributed by atoms with van der Waals surface area (Å²) in [7, 11) is 0. The Morgan fingerprint density at radius 2 is 2.25 bits per heavy atom. The SMILES string of the molecule is CCC(CO)NC(=O)NC1CCc2c1ccc(Cl)c2Cl. The summed E-state index contributed by atoms with van der Waals surface area (Å²) >= 11 is 12.2. The van der Waals surface area contributed by atoms with Crippen molar-refractivity contribution in [1.82, 2.24) is 10.6 Å². The summed E-state index contributed by atoms with van der Waals surface area (Å²) < 4.78 is 0. The summed E-state index contributed by atoms with van der Waals surface area (Å²) in [6.45, 7) is 1.85. The van der Waals surface area contributed by atoms with Gasteiger partial charge in [-0.1, -0.05) is 36.2 Å². The summed E-state index contributed by atoms with van der Waals surface area (Å²) in [5.74, 6) is 0. The van der Waals surface area contributed by atoms with Crippen LogP contribution in [0.15, 0.2) is 12.1 Å². The third-order valence-corrected chi connectivity index (χ3v) is 4.49. The molecule has 110 valence electrons. The number of urea groups is 1. The van der Waals surface area contributed by atoms with Crippen LogP contribution in [-0.4, -0.2) is 23.8 Å². The van der Waals surface area contributed by atoms with Gasteiger partial charge in [-0.2, -0.15) is 0 Å². The Kier molecular flexibility index (Phi) is 5.13. The van der Waals surface area contributed by atoms with E-state index in [9.17, 15) is 4.79 Å². The van der Waals surface area contributed by atoms with E-state index in [1.807, 2.05) is 13.0 Å². The Hall–Kier alpha value is -0.970. The van der Waals surface area contributed by atoms with Crippen LogP contribution in [-0.2, 0) is 6.42 Å². The summed E-state index contributed by atoms with van der Waals surface area (Å²) in [6.07, 6.45) is 2.29. The van der Waals surface area contributed by atoms with Gasteiger partial charge in [0.2, 0.25) is 0 Å². The smallest absolute Gasteiger partial charge is 0.315 e. The first-order valence-electron chi connectivity index (χ1n) is 6.71. The first-order valence-corrected chi connectivity index (χ1v) is 7.47. The van der Waals surface area contributed by atoms with Crippen molar-refractivity contribution in [3.63, 3.8) is 0 Å². The van der Waals surface area contributed by atoms with Gasteiger partial charge in [0.15, 0.2) is 0 Å². The molecule has 0 heterocycles. The molecule has 2 amide bonds. The maximum absolute atomic E-state index is 11.9. The molecule has 4 nitrogen and oxygen atoms in total. The normalized spacial score (nSPS) is 18.5. The van der Waals surface area contributed by atoms with Crippen LogP contribution < -0.4 is 10.6 Å². The van der Waals surface area contributed by atoms with Crippen LogP contribution in [0.25, 0.3) is 0 Å². The van der Waals surface area contributed by atoms with E-state index in [1.165, 1.54) is 0 Å². The Balaban J connectivity index is 2.04. The lowest BCUT2D eigenvalue weighted by Crippen LogP contribution is -2.44. The second-order valence-electron chi connectivity index (χ2n) is 4.93. The standard InChI is InChI=1S/C14H18Cl2N2O2/c1-2-8(7-19)17-14(20)18-12-6-4-10-9(12)3-5-11(15)13(10)16/h3,5,8,12,19H,2,4,6-7H2,1H3,(H2,17,18,20). The van der Waals surface area contributed by atoms with Crippen molar-refractivity contribution in [2.75, 3.05) is 6.61 Å². The molecule has 1 aromatic rings. The fraction of sp³-hybridized carbons (Fsp3) is 0.500. The Bertz CT molecular complexity index is 504. The molecule has 0 aliphatic heterocycles. The highest BCUT2D eigenvalue weighted by molar-refractivity contribution is 6.42. The predicted molar refractivity (Wildman–Crippen MR) is 80.4 cm³/mol. The van der Waals surface area contributed by atoms with E-state index in [4.69, 9.17) is 28.3 Å².